The van der Waals surface area contributed by atoms with Gasteiger partial charge in [-0.2, -0.15) is 0 Å². The van der Waals surface area contributed by atoms with Crippen LogP contribution in [0.3, 0.4) is 0 Å². The average molecular weight is 335 g/mol. The zero-order valence-electron chi connectivity index (χ0n) is 14.0. The van der Waals surface area contributed by atoms with Crippen LogP contribution in [0, 0.1) is 13.8 Å². The highest BCUT2D eigenvalue weighted by Gasteiger charge is 2.47. The third kappa shape index (κ3) is 2.09. The molecule has 0 fully saturated rings. The zero-order chi connectivity index (χ0) is 16.0. The van der Waals surface area contributed by atoms with Crippen LogP contribution < -0.4 is 14.9 Å². The molecule has 23 heavy (non-hydrogen) atoms. The molecule has 1 atom stereocenters. The number of thiophene rings is 1. The second kappa shape index (κ2) is 5.47. The highest BCUT2D eigenvalue weighted by molar-refractivity contribution is 7.33. The lowest BCUT2D eigenvalue weighted by atomic mass is 10.0. The Hall–Kier alpha value is -1.64. The van der Waals surface area contributed by atoms with Crippen molar-refractivity contribution in [2.45, 2.75) is 33.2 Å². The fourth-order valence-electron chi connectivity index (χ4n) is 4.18. The molecule has 2 heteroatoms. The van der Waals surface area contributed by atoms with E-state index in [0.29, 0.717) is 0 Å². The monoisotopic (exact) mass is 334 g/mol. The van der Waals surface area contributed by atoms with Crippen LogP contribution in [0.2, 0.25) is 6.04 Å². The van der Waals surface area contributed by atoms with Gasteiger partial charge < -0.3 is 0 Å². The fourth-order valence-corrected chi connectivity index (χ4v) is 11.9. The van der Waals surface area contributed by atoms with Crippen molar-refractivity contribution in [1.29, 1.82) is 0 Å². The third-order valence-corrected chi connectivity index (χ3v) is 12.2. The minimum Gasteiger partial charge on any atom is -0.149 e. The molecule has 0 bridgehead atoms. The summed E-state index contributed by atoms with van der Waals surface area (Å²) in [4.78, 5) is 1.43. The van der Waals surface area contributed by atoms with E-state index < -0.39 is 8.07 Å². The van der Waals surface area contributed by atoms with Gasteiger partial charge in [0.2, 0.25) is 0 Å². The highest BCUT2D eigenvalue weighted by atomic mass is 32.1. The molecule has 2 aromatic carbocycles. The fraction of sp³-hybridized carbons (Fsp3) is 0.238. The normalized spacial score (nSPS) is 18.7. The van der Waals surface area contributed by atoms with E-state index in [1.54, 1.807) is 14.9 Å². The summed E-state index contributed by atoms with van der Waals surface area (Å²) in [5.74, 6) is 0. The van der Waals surface area contributed by atoms with E-state index in [1.165, 1.54) is 34.0 Å². The van der Waals surface area contributed by atoms with E-state index in [9.17, 15) is 0 Å². The molecule has 0 unspecified atom stereocenters. The van der Waals surface area contributed by atoms with Crippen molar-refractivity contribution in [3.05, 3.63) is 65.0 Å². The molecule has 0 spiro atoms. The molecule has 3 aromatic rings. The Bertz CT molecular complexity index is 877. The number of hydrogen-bond acceptors (Lipinski definition) is 1. The minimum absolute atomic E-state index is 1.24. The SMILES string of the molecule is CCC[Si@]1(c2ccc(C)s2)c2ccccc2-c2ccc(C)cc21. The first-order valence-electron chi connectivity index (χ1n) is 8.44. The summed E-state index contributed by atoms with van der Waals surface area (Å²) in [6, 6.07) is 22.3. The summed E-state index contributed by atoms with van der Waals surface area (Å²) in [6.45, 7) is 6.81. The number of rotatable bonds is 3. The first kappa shape index (κ1) is 14.9. The van der Waals surface area contributed by atoms with Crippen molar-refractivity contribution in [3.63, 3.8) is 0 Å². The Morgan fingerprint density at radius 2 is 1.65 bits per heavy atom. The molecule has 1 aliphatic heterocycles. The Kier molecular flexibility index (Phi) is 3.55. The van der Waals surface area contributed by atoms with Crippen molar-refractivity contribution in [2.24, 2.45) is 0 Å². The van der Waals surface area contributed by atoms with Gasteiger partial charge in [0.05, 0.1) is 0 Å². The number of benzene rings is 2. The van der Waals surface area contributed by atoms with Gasteiger partial charge in [-0.25, -0.2) is 0 Å². The molecule has 0 radical (unpaired) electrons. The first-order valence-corrected chi connectivity index (χ1v) is 11.5. The lowest BCUT2D eigenvalue weighted by Crippen LogP contribution is -2.63. The maximum absolute atomic E-state index is 2.48. The quantitative estimate of drug-likeness (QED) is 0.629. The first-order chi connectivity index (χ1) is 11.2. The van der Waals surface area contributed by atoms with Gasteiger partial charge in [-0.15, -0.1) is 11.3 Å². The van der Waals surface area contributed by atoms with Crippen LogP contribution >= 0.6 is 11.3 Å². The van der Waals surface area contributed by atoms with Gasteiger partial charge in [0.1, 0.15) is 0 Å². The summed E-state index contributed by atoms with van der Waals surface area (Å²) in [6.07, 6.45) is 1.24. The average Bonchev–Trinajstić information content (AvgIpc) is 3.09. The number of fused-ring (bicyclic) bond motifs is 3. The maximum atomic E-state index is 2.48. The summed E-state index contributed by atoms with van der Waals surface area (Å²) in [5.41, 5.74) is 4.35. The lowest BCUT2D eigenvalue weighted by molar-refractivity contribution is 1.06. The van der Waals surface area contributed by atoms with E-state index in [1.807, 2.05) is 11.3 Å². The van der Waals surface area contributed by atoms with Crippen LogP contribution in [-0.4, -0.2) is 8.07 Å². The van der Waals surface area contributed by atoms with Gasteiger partial charge >= 0.3 is 0 Å². The van der Waals surface area contributed by atoms with Crippen LogP contribution in [0.25, 0.3) is 11.1 Å². The molecule has 4 rings (SSSR count). The molecule has 0 saturated carbocycles. The van der Waals surface area contributed by atoms with E-state index in [4.69, 9.17) is 0 Å². The van der Waals surface area contributed by atoms with E-state index in [0.717, 1.165) is 0 Å². The molecule has 116 valence electrons. The highest BCUT2D eigenvalue weighted by Crippen LogP contribution is 2.32. The third-order valence-electron chi connectivity index (χ3n) is 5.10. The van der Waals surface area contributed by atoms with Crippen LogP contribution in [0.1, 0.15) is 23.8 Å². The summed E-state index contributed by atoms with van der Waals surface area (Å²) < 4.78 is 1.63. The van der Waals surface area contributed by atoms with E-state index in [-0.39, 0.29) is 0 Å². The van der Waals surface area contributed by atoms with Gasteiger partial charge in [0.15, 0.2) is 8.07 Å². The molecule has 2 heterocycles. The molecular weight excluding hydrogens is 312 g/mol. The van der Waals surface area contributed by atoms with Crippen LogP contribution in [0.4, 0.5) is 0 Å². The van der Waals surface area contributed by atoms with Crippen molar-refractivity contribution in [2.75, 3.05) is 0 Å². The Morgan fingerprint density at radius 3 is 2.39 bits per heavy atom. The molecule has 1 aliphatic rings. The topological polar surface area (TPSA) is 0 Å². The van der Waals surface area contributed by atoms with E-state index >= 15 is 0 Å². The van der Waals surface area contributed by atoms with Crippen LogP contribution in [-0.2, 0) is 0 Å². The van der Waals surface area contributed by atoms with Crippen LogP contribution in [0.5, 0.6) is 0 Å². The van der Waals surface area contributed by atoms with Gasteiger partial charge in [0.25, 0.3) is 0 Å². The summed E-state index contributed by atoms with van der Waals surface area (Å²) >= 11 is 2.02. The second-order valence-corrected chi connectivity index (χ2v) is 12.2. The Morgan fingerprint density at radius 1 is 0.870 bits per heavy atom. The standard InChI is InChI=1S/C21H22SSi/c1-4-13-23(21-12-10-16(3)22-21)19-8-6-5-7-17(19)18-11-9-15(2)14-20(18)23/h5-12,14H,4,13H2,1-3H3/t23-/m0/s1. The predicted octanol–water partition coefficient (Wildman–Crippen LogP) is 4.23. The molecule has 0 saturated heterocycles. The largest absolute Gasteiger partial charge is 0.161 e. The van der Waals surface area contributed by atoms with Gasteiger partial charge in [-0.3, -0.25) is 0 Å². The van der Waals surface area contributed by atoms with Crippen molar-refractivity contribution in [1.82, 2.24) is 0 Å². The van der Waals surface area contributed by atoms with Gasteiger partial charge in [-0.05, 0) is 47.5 Å². The Labute approximate surface area is 143 Å². The zero-order valence-corrected chi connectivity index (χ0v) is 15.8. The van der Waals surface area contributed by atoms with Gasteiger partial charge in [0, 0.05) is 9.38 Å². The summed E-state index contributed by atoms with van der Waals surface area (Å²) in [5, 5.41) is 3.27. The van der Waals surface area contributed by atoms with Crippen molar-refractivity contribution >= 4 is 34.3 Å². The second-order valence-electron chi connectivity index (χ2n) is 6.66. The minimum atomic E-state index is -1.84. The Balaban J connectivity index is 2.11. The molecular formula is C21H22SSi. The molecule has 0 amide bonds. The number of aryl methyl sites for hydroxylation is 2. The van der Waals surface area contributed by atoms with Crippen molar-refractivity contribution < 1.29 is 0 Å². The smallest absolute Gasteiger partial charge is 0.149 e. The van der Waals surface area contributed by atoms with Gasteiger partial charge in [-0.1, -0.05) is 67.4 Å². The molecule has 0 N–H and O–H groups in total. The van der Waals surface area contributed by atoms with Crippen molar-refractivity contribution in [3.8, 4) is 11.1 Å². The summed E-state index contributed by atoms with van der Waals surface area (Å²) in [7, 11) is -1.84. The molecule has 0 aliphatic carbocycles. The maximum Gasteiger partial charge on any atom is 0.161 e. The van der Waals surface area contributed by atoms with Crippen LogP contribution in [0.15, 0.2) is 54.6 Å². The molecule has 1 aromatic heterocycles. The lowest BCUT2D eigenvalue weighted by Gasteiger charge is -2.28. The molecule has 0 nitrogen and oxygen atoms in total. The predicted molar refractivity (Wildman–Crippen MR) is 105 cm³/mol. The number of hydrogen-bond donors (Lipinski definition) is 0. The van der Waals surface area contributed by atoms with E-state index in [2.05, 4.69) is 75.4 Å².